The molecule has 0 aliphatic heterocycles. The van der Waals surface area contributed by atoms with Crippen LogP contribution in [0.4, 0.5) is 5.82 Å². The summed E-state index contributed by atoms with van der Waals surface area (Å²) < 4.78 is 6.97. The summed E-state index contributed by atoms with van der Waals surface area (Å²) in [6.45, 7) is 0. The van der Waals surface area contributed by atoms with E-state index in [9.17, 15) is 0 Å². The van der Waals surface area contributed by atoms with Gasteiger partial charge in [0.05, 0.1) is 4.47 Å². The zero-order chi connectivity index (χ0) is 12.0. The molecule has 17 heavy (non-hydrogen) atoms. The number of nitrogens with two attached hydrogens (primary N) is 1. The van der Waals surface area contributed by atoms with Gasteiger partial charge in [-0.25, -0.2) is 9.97 Å². The second-order valence-electron chi connectivity index (χ2n) is 4.05. The van der Waals surface area contributed by atoms with Crippen molar-refractivity contribution in [2.45, 2.75) is 18.8 Å². The van der Waals surface area contributed by atoms with Gasteiger partial charge in [-0.2, -0.15) is 0 Å². The summed E-state index contributed by atoms with van der Waals surface area (Å²) in [5, 5.41) is 0. The van der Waals surface area contributed by atoms with E-state index in [1.54, 1.807) is 0 Å². The second-order valence-corrected chi connectivity index (χ2v) is 5.62. The van der Waals surface area contributed by atoms with Crippen LogP contribution in [0.1, 0.15) is 24.5 Å². The Bertz CT molecular complexity index is 559. The Morgan fingerprint density at radius 2 is 2.00 bits per heavy atom. The van der Waals surface area contributed by atoms with Crippen molar-refractivity contribution >= 4 is 37.7 Å². The number of hydrogen-bond acceptors (Lipinski definition) is 4. The van der Waals surface area contributed by atoms with Crippen molar-refractivity contribution in [1.29, 1.82) is 0 Å². The van der Waals surface area contributed by atoms with Gasteiger partial charge in [0.15, 0.2) is 16.3 Å². The zero-order valence-electron chi connectivity index (χ0n) is 8.78. The van der Waals surface area contributed by atoms with E-state index in [1.165, 1.54) is 12.8 Å². The molecule has 2 aromatic heterocycles. The molecule has 0 atom stereocenters. The van der Waals surface area contributed by atoms with Gasteiger partial charge in [0, 0.05) is 23.7 Å². The van der Waals surface area contributed by atoms with Crippen LogP contribution in [-0.4, -0.2) is 9.97 Å². The third kappa shape index (κ3) is 2.24. The molecule has 1 fully saturated rings. The molecule has 2 heterocycles. The highest BCUT2D eigenvalue weighted by molar-refractivity contribution is 9.13. The molecule has 1 aliphatic rings. The maximum absolute atomic E-state index is 5.79. The van der Waals surface area contributed by atoms with Crippen LogP contribution < -0.4 is 5.73 Å². The molecular formula is C11H9Br2N3O. The predicted octanol–water partition coefficient (Wildman–Crippen LogP) is 3.72. The second kappa shape index (κ2) is 4.10. The third-order valence-electron chi connectivity index (χ3n) is 2.63. The quantitative estimate of drug-likeness (QED) is 0.888. The van der Waals surface area contributed by atoms with Gasteiger partial charge in [-0.15, -0.1) is 0 Å². The molecule has 2 N–H and O–H groups in total. The first-order chi connectivity index (χ1) is 8.13. The summed E-state index contributed by atoms with van der Waals surface area (Å²) in [5.74, 6) is 2.18. The highest BCUT2D eigenvalue weighted by Gasteiger charge is 2.26. The number of halogens is 2. The number of nitrogens with zero attached hydrogens (tertiary/aromatic N) is 2. The summed E-state index contributed by atoms with van der Waals surface area (Å²) in [6.07, 6.45) is 2.36. The van der Waals surface area contributed by atoms with E-state index in [0.29, 0.717) is 28.0 Å². The average molecular weight is 359 g/mol. The van der Waals surface area contributed by atoms with Crippen LogP contribution in [0.15, 0.2) is 25.7 Å². The standard InChI is InChI=1S/C11H9Br2N3O/c12-6-3-8(17-10(6)13)11-15-7(5-1-2-5)4-9(14)16-11/h3-5H,1-2H2,(H2,14,15,16). The SMILES string of the molecule is Nc1cc(C2CC2)nc(-c2cc(Br)c(Br)o2)n1. The Morgan fingerprint density at radius 3 is 2.59 bits per heavy atom. The third-order valence-corrected chi connectivity index (χ3v) is 4.34. The van der Waals surface area contributed by atoms with E-state index in [4.69, 9.17) is 10.2 Å². The van der Waals surface area contributed by atoms with Gasteiger partial charge < -0.3 is 10.2 Å². The Hall–Kier alpha value is -0.880. The van der Waals surface area contributed by atoms with Crippen molar-refractivity contribution < 1.29 is 4.42 Å². The lowest BCUT2D eigenvalue weighted by Crippen LogP contribution is -1.98. The van der Waals surface area contributed by atoms with E-state index in [1.807, 2.05) is 12.1 Å². The van der Waals surface area contributed by atoms with Gasteiger partial charge >= 0.3 is 0 Å². The molecule has 1 saturated carbocycles. The zero-order valence-corrected chi connectivity index (χ0v) is 12.0. The topological polar surface area (TPSA) is 64.9 Å². The lowest BCUT2D eigenvalue weighted by atomic mass is 10.2. The van der Waals surface area contributed by atoms with Crippen molar-refractivity contribution in [3.05, 3.63) is 27.0 Å². The highest BCUT2D eigenvalue weighted by atomic mass is 79.9. The van der Waals surface area contributed by atoms with Gasteiger partial charge in [0.2, 0.25) is 0 Å². The largest absolute Gasteiger partial charge is 0.445 e. The first-order valence-electron chi connectivity index (χ1n) is 5.23. The van der Waals surface area contributed by atoms with Crippen LogP contribution in [0.25, 0.3) is 11.6 Å². The van der Waals surface area contributed by atoms with Crippen LogP contribution >= 0.6 is 31.9 Å². The summed E-state index contributed by atoms with van der Waals surface area (Å²) >= 11 is 6.66. The molecule has 0 spiro atoms. The minimum absolute atomic E-state index is 0.487. The Labute approximate surface area is 115 Å². The van der Waals surface area contributed by atoms with Crippen molar-refractivity contribution in [2.24, 2.45) is 0 Å². The molecule has 4 nitrogen and oxygen atoms in total. The van der Waals surface area contributed by atoms with Crippen molar-refractivity contribution in [3.8, 4) is 11.6 Å². The Kier molecular flexibility index (Phi) is 2.71. The molecule has 0 unspecified atom stereocenters. The van der Waals surface area contributed by atoms with Crippen LogP contribution in [0.2, 0.25) is 0 Å². The predicted molar refractivity (Wildman–Crippen MR) is 71.5 cm³/mol. The molecule has 0 radical (unpaired) electrons. The highest BCUT2D eigenvalue weighted by Crippen LogP contribution is 2.40. The number of hydrogen-bond donors (Lipinski definition) is 1. The molecule has 0 amide bonds. The fourth-order valence-corrected chi connectivity index (χ4v) is 2.22. The average Bonchev–Trinajstić information content (AvgIpc) is 3.06. The number of aromatic nitrogens is 2. The Morgan fingerprint density at radius 1 is 1.24 bits per heavy atom. The van der Waals surface area contributed by atoms with E-state index in [2.05, 4.69) is 41.8 Å². The molecule has 0 bridgehead atoms. The van der Waals surface area contributed by atoms with Gasteiger partial charge in [0.25, 0.3) is 0 Å². The number of furan rings is 1. The minimum Gasteiger partial charge on any atom is -0.445 e. The molecule has 1 aliphatic carbocycles. The van der Waals surface area contributed by atoms with E-state index in [-0.39, 0.29) is 0 Å². The van der Waals surface area contributed by atoms with Crippen molar-refractivity contribution in [1.82, 2.24) is 9.97 Å². The monoisotopic (exact) mass is 357 g/mol. The molecule has 0 saturated heterocycles. The number of nitrogen functional groups attached to an aromatic ring is 1. The summed E-state index contributed by atoms with van der Waals surface area (Å²) in [5.41, 5.74) is 6.80. The molecule has 3 rings (SSSR count). The first-order valence-corrected chi connectivity index (χ1v) is 6.82. The van der Waals surface area contributed by atoms with Crippen LogP contribution in [-0.2, 0) is 0 Å². The van der Waals surface area contributed by atoms with Crippen molar-refractivity contribution in [3.63, 3.8) is 0 Å². The van der Waals surface area contributed by atoms with Gasteiger partial charge in [-0.3, -0.25) is 0 Å². The Balaban J connectivity index is 2.07. The van der Waals surface area contributed by atoms with Crippen molar-refractivity contribution in [2.75, 3.05) is 5.73 Å². The molecule has 2 aromatic rings. The maximum Gasteiger partial charge on any atom is 0.197 e. The molecule has 6 heteroatoms. The maximum atomic E-state index is 5.79. The van der Waals surface area contributed by atoms with Crippen LogP contribution in [0.3, 0.4) is 0 Å². The van der Waals surface area contributed by atoms with Gasteiger partial charge in [0.1, 0.15) is 5.82 Å². The first kappa shape index (κ1) is 11.2. The van der Waals surface area contributed by atoms with E-state index in [0.717, 1.165) is 10.2 Å². The van der Waals surface area contributed by atoms with Crippen LogP contribution in [0.5, 0.6) is 0 Å². The fourth-order valence-electron chi connectivity index (χ4n) is 1.64. The lowest BCUT2D eigenvalue weighted by molar-refractivity contribution is 0.549. The van der Waals surface area contributed by atoms with Crippen LogP contribution in [0, 0.1) is 0 Å². The number of rotatable bonds is 2. The van der Waals surface area contributed by atoms with Gasteiger partial charge in [-0.05, 0) is 44.7 Å². The fraction of sp³-hybridized carbons (Fsp3) is 0.273. The number of anilines is 1. The minimum atomic E-state index is 0.487. The molecule has 0 aromatic carbocycles. The smallest absolute Gasteiger partial charge is 0.197 e. The normalized spacial score (nSPS) is 15.2. The van der Waals surface area contributed by atoms with Gasteiger partial charge in [-0.1, -0.05) is 0 Å². The summed E-state index contributed by atoms with van der Waals surface area (Å²) in [4.78, 5) is 8.69. The lowest BCUT2D eigenvalue weighted by Gasteiger charge is -2.02. The summed E-state index contributed by atoms with van der Waals surface area (Å²) in [7, 11) is 0. The van der Waals surface area contributed by atoms with E-state index >= 15 is 0 Å². The summed E-state index contributed by atoms with van der Waals surface area (Å²) in [6, 6.07) is 3.67. The van der Waals surface area contributed by atoms with E-state index < -0.39 is 0 Å². The molecule has 88 valence electrons. The molecular weight excluding hydrogens is 350 g/mol.